The van der Waals surface area contributed by atoms with Crippen LogP contribution in [0.15, 0.2) is 12.1 Å². The van der Waals surface area contributed by atoms with E-state index in [0.717, 1.165) is 19.6 Å². The summed E-state index contributed by atoms with van der Waals surface area (Å²) in [6.45, 7) is 2.56. The maximum Gasteiger partial charge on any atom is 0.123 e. The van der Waals surface area contributed by atoms with Crippen LogP contribution >= 0.6 is 35.6 Å². The summed E-state index contributed by atoms with van der Waals surface area (Å²) in [5.74, 6) is 0.147. The number of rotatable bonds is 1. The quantitative estimate of drug-likeness (QED) is 0.741. The van der Waals surface area contributed by atoms with Crippen molar-refractivity contribution < 1.29 is 5.11 Å². The van der Waals surface area contributed by atoms with Gasteiger partial charge in [-0.2, -0.15) is 0 Å². The highest BCUT2D eigenvalue weighted by Crippen LogP contribution is 2.34. The molecule has 0 bridgehead atoms. The molecule has 0 spiro atoms. The normalized spacial score (nSPS) is 20.2. The first-order valence-corrected chi connectivity index (χ1v) is 5.56. The zero-order valence-corrected chi connectivity index (χ0v) is 10.8. The number of hydrogen-bond acceptors (Lipinski definition) is 3. The fraction of sp³-hybridized carbons (Fsp3) is 0.400. The van der Waals surface area contributed by atoms with Crippen LogP contribution in [0.3, 0.4) is 0 Å². The van der Waals surface area contributed by atoms with Gasteiger partial charge in [0.15, 0.2) is 0 Å². The molecular formula is C10H13Cl3N2O. The van der Waals surface area contributed by atoms with Crippen molar-refractivity contribution in [1.82, 2.24) is 10.6 Å². The van der Waals surface area contributed by atoms with Crippen molar-refractivity contribution >= 4 is 35.6 Å². The van der Waals surface area contributed by atoms with Crippen LogP contribution in [-0.4, -0.2) is 24.7 Å². The minimum Gasteiger partial charge on any atom is -0.507 e. The van der Waals surface area contributed by atoms with Crippen molar-refractivity contribution in [1.29, 1.82) is 0 Å². The third kappa shape index (κ3) is 2.93. The van der Waals surface area contributed by atoms with Crippen LogP contribution in [0, 0.1) is 0 Å². The zero-order valence-electron chi connectivity index (χ0n) is 8.46. The van der Waals surface area contributed by atoms with E-state index in [1.165, 1.54) is 6.07 Å². The summed E-state index contributed by atoms with van der Waals surface area (Å²) >= 11 is 11.8. The van der Waals surface area contributed by atoms with Crippen molar-refractivity contribution in [2.24, 2.45) is 0 Å². The minimum atomic E-state index is 0. The standard InChI is InChI=1S/C10H12Cl2N2O.ClH/c11-6-3-7(12)10(9(15)4-6)8-5-13-1-2-14-8;/h3-4,8,13-15H,1-2,5H2;1H/t8-;/m0./s1. The molecule has 6 heteroatoms. The van der Waals surface area contributed by atoms with Gasteiger partial charge in [-0.25, -0.2) is 0 Å². The average Bonchev–Trinajstić information content (AvgIpc) is 2.17. The lowest BCUT2D eigenvalue weighted by atomic mass is 10.0. The number of phenols is 1. The smallest absolute Gasteiger partial charge is 0.123 e. The van der Waals surface area contributed by atoms with Gasteiger partial charge >= 0.3 is 0 Å². The Morgan fingerprint density at radius 3 is 2.56 bits per heavy atom. The summed E-state index contributed by atoms with van der Waals surface area (Å²) in [4.78, 5) is 0. The van der Waals surface area contributed by atoms with Gasteiger partial charge < -0.3 is 15.7 Å². The van der Waals surface area contributed by atoms with E-state index in [9.17, 15) is 5.11 Å². The van der Waals surface area contributed by atoms with E-state index >= 15 is 0 Å². The molecule has 3 N–H and O–H groups in total. The van der Waals surface area contributed by atoms with Crippen LogP contribution < -0.4 is 10.6 Å². The highest BCUT2D eigenvalue weighted by molar-refractivity contribution is 6.35. The molecule has 0 saturated carbocycles. The lowest BCUT2D eigenvalue weighted by molar-refractivity contribution is 0.404. The van der Waals surface area contributed by atoms with Crippen LogP contribution in [0.2, 0.25) is 10.0 Å². The van der Waals surface area contributed by atoms with Gasteiger partial charge in [-0.05, 0) is 12.1 Å². The number of hydrogen-bond donors (Lipinski definition) is 3. The summed E-state index contributed by atoms with van der Waals surface area (Å²) in [7, 11) is 0. The molecule has 2 rings (SSSR count). The lowest BCUT2D eigenvalue weighted by Crippen LogP contribution is -2.42. The Hall–Kier alpha value is -0.190. The Kier molecular flexibility index (Phi) is 5.15. The van der Waals surface area contributed by atoms with Gasteiger partial charge in [0.25, 0.3) is 0 Å². The van der Waals surface area contributed by atoms with Crippen LogP contribution in [0.25, 0.3) is 0 Å². The average molecular weight is 284 g/mol. The number of halogens is 3. The first kappa shape index (κ1) is 13.9. The zero-order chi connectivity index (χ0) is 10.8. The largest absolute Gasteiger partial charge is 0.507 e. The molecule has 0 unspecified atom stereocenters. The Labute approximate surface area is 111 Å². The summed E-state index contributed by atoms with van der Waals surface area (Å²) in [5, 5.41) is 17.3. The Morgan fingerprint density at radius 2 is 2.00 bits per heavy atom. The molecule has 0 amide bonds. The van der Waals surface area contributed by atoms with E-state index in [2.05, 4.69) is 10.6 Å². The fourth-order valence-corrected chi connectivity index (χ4v) is 2.39. The van der Waals surface area contributed by atoms with Gasteiger partial charge in [0, 0.05) is 36.3 Å². The lowest BCUT2D eigenvalue weighted by Gasteiger charge is -2.26. The Morgan fingerprint density at radius 1 is 1.25 bits per heavy atom. The Bertz CT molecular complexity index is 344. The summed E-state index contributed by atoms with van der Waals surface area (Å²) in [6.07, 6.45) is 0. The molecule has 3 nitrogen and oxygen atoms in total. The minimum absolute atomic E-state index is 0. The molecular weight excluding hydrogens is 270 g/mol. The number of benzene rings is 1. The molecule has 1 aromatic carbocycles. The maximum absolute atomic E-state index is 9.79. The number of piperazine rings is 1. The first-order valence-electron chi connectivity index (χ1n) is 4.80. The first-order chi connectivity index (χ1) is 7.18. The van der Waals surface area contributed by atoms with Crippen LogP contribution in [0.5, 0.6) is 5.75 Å². The number of nitrogens with one attached hydrogen (secondary N) is 2. The molecule has 0 radical (unpaired) electrons. The molecule has 0 aliphatic carbocycles. The van der Waals surface area contributed by atoms with E-state index in [-0.39, 0.29) is 24.2 Å². The second-order valence-corrected chi connectivity index (χ2v) is 4.37. The van der Waals surface area contributed by atoms with Crippen molar-refractivity contribution in [3.05, 3.63) is 27.7 Å². The van der Waals surface area contributed by atoms with E-state index in [1.807, 2.05) is 0 Å². The molecule has 1 aliphatic rings. The molecule has 90 valence electrons. The number of phenolic OH excluding ortho intramolecular Hbond substituents is 1. The third-order valence-electron chi connectivity index (χ3n) is 2.46. The number of aromatic hydroxyl groups is 1. The molecule has 0 aromatic heterocycles. The fourth-order valence-electron chi connectivity index (χ4n) is 1.77. The van der Waals surface area contributed by atoms with Crippen molar-refractivity contribution in [2.75, 3.05) is 19.6 Å². The Balaban J connectivity index is 0.00000128. The van der Waals surface area contributed by atoms with E-state index in [1.54, 1.807) is 6.07 Å². The van der Waals surface area contributed by atoms with Gasteiger partial charge in [0.1, 0.15) is 5.75 Å². The summed E-state index contributed by atoms with van der Waals surface area (Å²) in [5.41, 5.74) is 0.716. The maximum atomic E-state index is 9.79. The highest BCUT2D eigenvalue weighted by Gasteiger charge is 2.20. The molecule has 1 aromatic rings. The SMILES string of the molecule is Cl.Oc1cc(Cl)cc(Cl)c1[C@@H]1CNCCN1. The second-order valence-electron chi connectivity index (χ2n) is 3.53. The molecule has 1 fully saturated rings. The second kappa shape index (κ2) is 5.94. The van der Waals surface area contributed by atoms with Gasteiger partial charge in [0.2, 0.25) is 0 Å². The predicted molar refractivity (Wildman–Crippen MR) is 69.0 cm³/mol. The molecule has 1 aliphatic heterocycles. The van der Waals surface area contributed by atoms with Gasteiger partial charge in [-0.15, -0.1) is 12.4 Å². The molecule has 16 heavy (non-hydrogen) atoms. The summed E-state index contributed by atoms with van der Waals surface area (Å²) < 4.78 is 0. The van der Waals surface area contributed by atoms with Crippen LogP contribution in [0.4, 0.5) is 0 Å². The van der Waals surface area contributed by atoms with E-state index in [4.69, 9.17) is 23.2 Å². The van der Waals surface area contributed by atoms with Gasteiger partial charge in [-0.3, -0.25) is 0 Å². The van der Waals surface area contributed by atoms with Crippen molar-refractivity contribution in [2.45, 2.75) is 6.04 Å². The van der Waals surface area contributed by atoms with Gasteiger partial charge in [0.05, 0.1) is 5.02 Å². The monoisotopic (exact) mass is 282 g/mol. The van der Waals surface area contributed by atoms with Crippen LogP contribution in [0.1, 0.15) is 11.6 Å². The molecule has 1 atom stereocenters. The van der Waals surface area contributed by atoms with E-state index in [0.29, 0.717) is 15.6 Å². The third-order valence-corrected chi connectivity index (χ3v) is 2.99. The van der Waals surface area contributed by atoms with E-state index < -0.39 is 0 Å². The highest BCUT2D eigenvalue weighted by atomic mass is 35.5. The van der Waals surface area contributed by atoms with Crippen LogP contribution in [-0.2, 0) is 0 Å². The van der Waals surface area contributed by atoms with Crippen molar-refractivity contribution in [3.8, 4) is 5.75 Å². The summed E-state index contributed by atoms with van der Waals surface area (Å²) in [6, 6.07) is 3.21. The topological polar surface area (TPSA) is 44.3 Å². The van der Waals surface area contributed by atoms with Gasteiger partial charge in [-0.1, -0.05) is 23.2 Å². The molecule has 1 heterocycles. The predicted octanol–water partition coefficient (Wildman–Crippen LogP) is 2.35. The molecule has 1 saturated heterocycles. The van der Waals surface area contributed by atoms with Crippen molar-refractivity contribution in [3.63, 3.8) is 0 Å².